The molecular weight excluding hydrogens is 340 g/mol. The van der Waals surface area contributed by atoms with Gasteiger partial charge in [-0.15, -0.1) is 11.3 Å². The van der Waals surface area contributed by atoms with Gasteiger partial charge in [-0.2, -0.15) is 0 Å². The molecule has 1 aromatic heterocycles. The molecule has 0 radical (unpaired) electrons. The van der Waals surface area contributed by atoms with Gasteiger partial charge in [0.1, 0.15) is 5.75 Å². The van der Waals surface area contributed by atoms with E-state index < -0.39 is 5.91 Å². The molecule has 0 aliphatic rings. The van der Waals surface area contributed by atoms with Crippen molar-refractivity contribution in [3.05, 3.63) is 44.1 Å². The summed E-state index contributed by atoms with van der Waals surface area (Å²) in [6, 6.07) is 5.74. The topological polar surface area (TPSA) is 64.3 Å². The summed E-state index contributed by atoms with van der Waals surface area (Å²) in [4.78, 5) is 12.1. The fraction of sp³-hybridized carbons (Fsp3) is 0.214. The third-order valence-corrected chi connectivity index (χ3v) is 4.26. The first kappa shape index (κ1) is 14.9. The number of nitrogens with one attached hydrogen (secondary N) is 1. The van der Waals surface area contributed by atoms with Gasteiger partial charge in [0.2, 0.25) is 5.91 Å². The highest BCUT2D eigenvalue weighted by atomic mass is 79.9. The van der Waals surface area contributed by atoms with Crippen LogP contribution in [0.4, 0.5) is 5.69 Å². The third kappa shape index (κ3) is 3.32. The molecule has 0 unspecified atom stereocenters. The van der Waals surface area contributed by atoms with E-state index >= 15 is 0 Å². The molecule has 0 bridgehead atoms. The molecule has 4 nitrogen and oxygen atoms in total. The van der Waals surface area contributed by atoms with Gasteiger partial charge in [0.05, 0.1) is 18.4 Å². The molecule has 0 fully saturated rings. The van der Waals surface area contributed by atoms with E-state index in [1.54, 1.807) is 18.6 Å². The number of hydrogen-bond donors (Lipinski definition) is 2. The van der Waals surface area contributed by atoms with Crippen LogP contribution < -0.4 is 15.8 Å². The van der Waals surface area contributed by atoms with Crippen molar-refractivity contribution in [2.75, 3.05) is 12.4 Å². The first-order valence-electron chi connectivity index (χ1n) is 5.96. The zero-order valence-corrected chi connectivity index (χ0v) is 13.6. The fourth-order valence-electron chi connectivity index (χ4n) is 1.88. The molecule has 6 heteroatoms. The molecule has 0 atom stereocenters. The summed E-state index contributed by atoms with van der Waals surface area (Å²) in [6.07, 6.45) is 0. The molecule has 2 rings (SSSR count). The van der Waals surface area contributed by atoms with Crippen molar-refractivity contribution in [3.63, 3.8) is 0 Å². The lowest BCUT2D eigenvalue weighted by molar-refractivity contribution is 0.100. The van der Waals surface area contributed by atoms with E-state index in [0.29, 0.717) is 12.1 Å². The summed E-state index contributed by atoms with van der Waals surface area (Å²) in [6.45, 7) is 2.63. The van der Waals surface area contributed by atoms with Gasteiger partial charge >= 0.3 is 0 Å². The van der Waals surface area contributed by atoms with E-state index in [9.17, 15) is 4.79 Å². The molecular formula is C14H15BrN2O2S. The molecule has 0 saturated heterocycles. The van der Waals surface area contributed by atoms with Gasteiger partial charge < -0.3 is 15.8 Å². The quantitative estimate of drug-likeness (QED) is 0.862. The Morgan fingerprint density at radius 3 is 2.80 bits per heavy atom. The highest BCUT2D eigenvalue weighted by Gasteiger charge is 2.09. The molecule has 3 N–H and O–H groups in total. The zero-order valence-electron chi connectivity index (χ0n) is 11.2. The van der Waals surface area contributed by atoms with E-state index in [-0.39, 0.29) is 0 Å². The SMILES string of the molecule is COc1cc(Br)cc(C)c1NCc1cc(C(N)=O)cs1. The summed E-state index contributed by atoms with van der Waals surface area (Å²) in [7, 11) is 1.64. The van der Waals surface area contributed by atoms with E-state index in [2.05, 4.69) is 21.2 Å². The van der Waals surface area contributed by atoms with Gasteiger partial charge in [-0.25, -0.2) is 0 Å². The van der Waals surface area contributed by atoms with Gasteiger partial charge in [-0.3, -0.25) is 4.79 Å². The Bertz CT molecular complexity index is 640. The minimum absolute atomic E-state index is 0.398. The predicted molar refractivity (Wildman–Crippen MR) is 85.6 cm³/mol. The maximum atomic E-state index is 11.1. The fourth-order valence-corrected chi connectivity index (χ4v) is 3.24. The summed E-state index contributed by atoms with van der Waals surface area (Å²) in [5, 5.41) is 5.11. The number of primary amides is 1. The average Bonchev–Trinajstić information content (AvgIpc) is 2.85. The number of methoxy groups -OCH3 is 1. The van der Waals surface area contributed by atoms with Crippen LogP contribution in [0.2, 0.25) is 0 Å². The molecule has 0 saturated carbocycles. The normalized spacial score (nSPS) is 10.3. The Labute approximate surface area is 130 Å². The van der Waals surface area contributed by atoms with E-state index in [1.165, 1.54) is 11.3 Å². The molecule has 1 aromatic carbocycles. The summed E-state index contributed by atoms with van der Waals surface area (Å²) in [5.41, 5.74) is 7.83. The smallest absolute Gasteiger partial charge is 0.249 e. The number of anilines is 1. The Hall–Kier alpha value is -1.53. The van der Waals surface area contributed by atoms with Crippen LogP contribution in [0.3, 0.4) is 0 Å². The standard InChI is InChI=1S/C14H15BrN2O2S/c1-8-3-10(15)5-12(19-2)13(8)17-6-11-4-9(7-20-11)14(16)18/h3-5,7,17H,6H2,1-2H3,(H2,16,18). The molecule has 0 aliphatic heterocycles. The first-order chi connectivity index (χ1) is 9.51. The molecule has 0 aliphatic carbocycles. The minimum Gasteiger partial charge on any atom is -0.495 e. The van der Waals surface area contributed by atoms with Crippen molar-refractivity contribution in [1.82, 2.24) is 0 Å². The molecule has 1 heterocycles. The van der Waals surface area contributed by atoms with E-state index in [0.717, 1.165) is 26.4 Å². The van der Waals surface area contributed by atoms with E-state index in [1.807, 2.05) is 19.1 Å². The van der Waals surface area contributed by atoms with Crippen LogP contribution in [0.25, 0.3) is 0 Å². The van der Waals surface area contributed by atoms with Crippen LogP contribution in [0.15, 0.2) is 28.1 Å². The molecule has 20 heavy (non-hydrogen) atoms. The largest absolute Gasteiger partial charge is 0.495 e. The van der Waals surface area contributed by atoms with Crippen molar-refractivity contribution in [1.29, 1.82) is 0 Å². The predicted octanol–water partition coefficient (Wildman–Crippen LogP) is 3.54. The van der Waals surface area contributed by atoms with Crippen molar-refractivity contribution in [2.45, 2.75) is 13.5 Å². The number of nitrogens with two attached hydrogens (primary N) is 1. The van der Waals surface area contributed by atoms with Crippen LogP contribution in [0, 0.1) is 6.92 Å². The lowest BCUT2D eigenvalue weighted by Gasteiger charge is -2.14. The summed E-state index contributed by atoms with van der Waals surface area (Å²) >= 11 is 4.95. The Morgan fingerprint density at radius 2 is 2.20 bits per heavy atom. The van der Waals surface area contributed by atoms with Crippen molar-refractivity contribution < 1.29 is 9.53 Å². The first-order valence-corrected chi connectivity index (χ1v) is 7.63. The highest BCUT2D eigenvalue weighted by molar-refractivity contribution is 9.10. The number of hydrogen-bond acceptors (Lipinski definition) is 4. The molecule has 2 aromatic rings. The molecule has 1 amide bonds. The second-order valence-electron chi connectivity index (χ2n) is 4.32. The lowest BCUT2D eigenvalue weighted by Crippen LogP contribution is -2.09. The second kappa shape index (κ2) is 6.28. The van der Waals surface area contributed by atoms with Gasteiger partial charge in [0.15, 0.2) is 0 Å². The second-order valence-corrected chi connectivity index (χ2v) is 6.23. The molecule has 106 valence electrons. The van der Waals surface area contributed by atoms with Crippen molar-refractivity contribution in [3.8, 4) is 5.75 Å². The number of carbonyl (C=O) groups is 1. The van der Waals surface area contributed by atoms with Gasteiger partial charge in [-0.1, -0.05) is 15.9 Å². The number of ether oxygens (including phenoxy) is 1. The highest BCUT2D eigenvalue weighted by Crippen LogP contribution is 2.32. The average molecular weight is 355 g/mol. The number of halogens is 1. The number of thiophene rings is 1. The number of carbonyl (C=O) groups excluding carboxylic acids is 1. The van der Waals surface area contributed by atoms with Crippen LogP contribution in [-0.4, -0.2) is 13.0 Å². The van der Waals surface area contributed by atoms with Crippen molar-refractivity contribution >= 4 is 38.9 Å². The van der Waals surface area contributed by atoms with Gasteiger partial charge in [-0.05, 0) is 30.7 Å². The van der Waals surface area contributed by atoms with Crippen molar-refractivity contribution in [2.24, 2.45) is 5.73 Å². The Morgan fingerprint density at radius 1 is 1.45 bits per heavy atom. The van der Waals surface area contributed by atoms with Gasteiger partial charge in [0.25, 0.3) is 0 Å². The maximum Gasteiger partial charge on any atom is 0.249 e. The third-order valence-electron chi connectivity index (χ3n) is 2.86. The Kier molecular flexibility index (Phi) is 4.67. The van der Waals surface area contributed by atoms with Crippen LogP contribution in [0.5, 0.6) is 5.75 Å². The number of benzene rings is 1. The van der Waals surface area contributed by atoms with Crippen LogP contribution in [-0.2, 0) is 6.54 Å². The minimum atomic E-state index is -0.398. The lowest BCUT2D eigenvalue weighted by atomic mass is 10.2. The summed E-state index contributed by atoms with van der Waals surface area (Å²) in [5.74, 6) is 0.383. The van der Waals surface area contributed by atoms with E-state index in [4.69, 9.17) is 10.5 Å². The number of rotatable bonds is 5. The maximum absolute atomic E-state index is 11.1. The Balaban J connectivity index is 2.16. The van der Waals surface area contributed by atoms with Crippen LogP contribution >= 0.6 is 27.3 Å². The number of amides is 1. The number of aryl methyl sites for hydroxylation is 1. The summed E-state index contributed by atoms with van der Waals surface area (Å²) < 4.78 is 6.35. The monoisotopic (exact) mass is 354 g/mol. The zero-order chi connectivity index (χ0) is 14.7. The van der Waals surface area contributed by atoms with Crippen LogP contribution in [0.1, 0.15) is 20.8 Å². The molecule has 0 spiro atoms. The van der Waals surface area contributed by atoms with Gasteiger partial charge in [0, 0.05) is 21.3 Å².